The van der Waals surface area contributed by atoms with Crippen molar-refractivity contribution in [3.63, 3.8) is 0 Å². The fourth-order valence-corrected chi connectivity index (χ4v) is 6.35. The van der Waals surface area contributed by atoms with Gasteiger partial charge in [-0.1, -0.05) is 97.1 Å². The Bertz CT molecular complexity index is 1850. The highest BCUT2D eigenvalue weighted by molar-refractivity contribution is 5.88. The Kier molecular flexibility index (Phi) is 7.52. The summed E-state index contributed by atoms with van der Waals surface area (Å²) < 4.78 is 8.39. The quantitative estimate of drug-likeness (QED) is 0.199. The van der Waals surface area contributed by atoms with Crippen LogP contribution in [0.2, 0.25) is 0 Å². The molecule has 0 spiro atoms. The van der Waals surface area contributed by atoms with E-state index in [0.717, 1.165) is 73.1 Å². The fraction of sp³-hybridized carbons (Fsp3) is 0.243. The van der Waals surface area contributed by atoms with Crippen molar-refractivity contribution < 1.29 is 4.74 Å². The van der Waals surface area contributed by atoms with Gasteiger partial charge < -0.3 is 9.64 Å². The van der Waals surface area contributed by atoms with Gasteiger partial charge in [0.15, 0.2) is 5.65 Å². The smallest absolute Gasteiger partial charge is 0.165 e. The van der Waals surface area contributed by atoms with E-state index in [1.165, 1.54) is 27.7 Å². The number of rotatable bonds is 8. The summed E-state index contributed by atoms with van der Waals surface area (Å²) in [7, 11) is 0. The lowest BCUT2D eigenvalue weighted by Gasteiger charge is -2.37. The average molecular weight is 568 g/mol. The Balaban J connectivity index is 1.15. The molecule has 0 aliphatic carbocycles. The predicted molar refractivity (Wildman–Crippen MR) is 175 cm³/mol. The van der Waals surface area contributed by atoms with Gasteiger partial charge in [-0.2, -0.15) is 9.61 Å². The second-order valence-electron chi connectivity index (χ2n) is 11.4. The Labute approximate surface area is 253 Å². The lowest BCUT2D eigenvalue weighted by atomic mass is 10.0. The molecule has 0 amide bonds. The number of ether oxygens (including phenoxy) is 1. The Morgan fingerprint density at radius 2 is 1.42 bits per heavy atom. The highest BCUT2D eigenvalue weighted by atomic mass is 16.5. The van der Waals surface area contributed by atoms with Gasteiger partial charge in [-0.05, 0) is 36.4 Å². The highest BCUT2D eigenvalue weighted by Gasteiger charge is 2.26. The average Bonchev–Trinajstić information content (AvgIpc) is 3.37. The Morgan fingerprint density at radius 1 is 0.721 bits per heavy atom. The first-order valence-corrected chi connectivity index (χ1v) is 15.2. The van der Waals surface area contributed by atoms with E-state index >= 15 is 0 Å². The molecule has 216 valence electrons. The maximum absolute atomic E-state index is 6.27. The van der Waals surface area contributed by atoms with Gasteiger partial charge in [0.2, 0.25) is 0 Å². The number of fused-ring (bicyclic) bond motifs is 2. The summed E-state index contributed by atoms with van der Waals surface area (Å²) in [5, 5.41) is 7.49. The molecule has 0 unspecified atom stereocenters. The Morgan fingerprint density at radius 3 is 2.21 bits per heavy atom. The molecule has 7 rings (SSSR count). The second kappa shape index (κ2) is 11.9. The van der Waals surface area contributed by atoms with Crippen molar-refractivity contribution in [2.24, 2.45) is 0 Å². The molecule has 0 saturated carbocycles. The third-order valence-electron chi connectivity index (χ3n) is 8.59. The molecule has 0 radical (unpaired) electrons. The maximum atomic E-state index is 6.27. The van der Waals surface area contributed by atoms with Gasteiger partial charge >= 0.3 is 0 Å². The monoisotopic (exact) mass is 567 g/mol. The molecule has 43 heavy (non-hydrogen) atoms. The first kappa shape index (κ1) is 27.2. The summed E-state index contributed by atoms with van der Waals surface area (Å²) in [6, 6.07) is 35.9. The number of piperazine rings is 1. The van der Waals surface area contributed by atoms with Crippen molar-refractivity contribution in [3.05, 3.63) is 126 Å². The van der Waals surface area contributed by atoms with Gasteiger partial charge in [0, 0.05) is 61.4 Å². The van der Waals surface area contributed by atoms with Crippen molar-refractivity contribution in [3.8, 4) is 16.9 Å². The van der Waals surface area contributed by atoms with E-state index in [0.29, 0.717) is 6.61 Å². The molecular formula is C37H37N5O. The molecule has 2 aromatic heterocycles. The maximum Gasteiger partial charge on any atom is 0.165 e. The SMILES string of the molecule is Cc1nc2c(-c3ccccc3)c(C)nn2c(N2CCN(CCOc3cccc4ccccc34)CC2)c1Cc1ccccc1. The van der Waals surface area contributed by atoms with E-state index in [1.54, 1.807) is 0 Å². The second-order valence-corrected chi connectivity index (χ2v) is 11.4. The summed E-state index contributed by atoms with van der Waals surface area (Å²) >= 11 is 0. The summed E-state index contributed by atoms with van der Waals surface area (Å²) in [6.07, 6.45) is 0.823. The van der Waals surface area contributed by atoms with Gasteiger partial charge in [-0.3, -0.25) is 4.90 Å². The molecule has 1 saturated heterocycles. The number of hydrogen-bond acceptors (Lipinski definition) is 5. The Hall–Kier alpha value is -4.68. The van der Waals surface area contributed by atoms with Crippen LogP contribution in [0.1, 0.15) is 22.5 Å². The number of benzene rings is 4. The molecule has 0 bridgehead atoms. The van der Waals surface area contributed by atoms with Gasteiger partial charge in [0.05, 0.1) is 5.69 Å². The largest absolute Gasteiger partial charge is 0.492 e. The van der Waals surface area contributed by atoms with Crippen molar-refractivity contribution in [2.45, 2.75) is 20.3 Å². The summed E-state index contributed by atoms with van der Waals surface area (Å²) in [6.45, 7) is 9.61. The zero-order valence-electron chi connectivity index (χ0n) is 24.9. The third-order valence-corrected chi connectivity index (χ3v) is 8.59. The first-order chi connectivity index (χ1) is 21.2. The highest BCUT2D eigenvalue weighted by Crippen LogP contribution is 2.34. The summed E-state index contributed by atoms with van der Waals surface area (Å²) in [5.74, 6) is 2.13. The number of nitrogens with zero attached hydrogens (tertiary/aromatic N) is 5. The third kappa shape index (κ3) is 5.46. The lowest BCUT2D eigenvalue weighted by molar-refractivity contribution is 0.201. The summed E-state index contributed by atoms with van der Waals surface area (Å²) in [5.41, 5.74) is 7.78. The number of aromatic nitrogens is 3. The minimum absolute atomic E-state index is 0.671. The first-order valence-electron chi connectivity index (χ1n) is 15.2. The van der Waals surface area contributed by atoms with Crippen LogP contribution < -0.4 is 9.64 Å². The lowest BCUT2D eigenvalue weighted by Crippen LogP contribution is -2.48. The number of hydrogen-bond donors (Lipinski definition) is 0. The molecule has 0 atom stereocenters. The molecule has 3 heterocycles. The van der Waals surface area contributed by atoms with Gasteiger partial charge in [-0.25, -0.2) is 4.98 Å². The van der Waals surface area contributed by atoms with Crippen molar-refractivity contribution in [1.82, 2.24) is 19.5 Å². The van der Waals surface area contributed by atoms with E-state index in [9.17, 15) is 0 Å². The topological polar surface area (TPSA) is 45.9 Å². The zero-order chi connectivity index (χ0) is 29.2. The molecule has 6 heteroatoms. The van der Waals surface area contributed by atoms with Crippen molar-refractivity contribution in [2.75, 3.05) is 44.2 Å². The molecule has 0 N–H and O–H groups in total. The van der Waals surface area contributed by atoms with Crippen LogP contribution in [0.3, 0.4) is 0 Å². The predicted octanol–water partition coefficient (Wildman–Crippen LogP) is 6.96. The minimum atomic E-state index is 0.671. The van der Waals surface area contributed by atoms with E-state index in [1.807, 2.05) is 0 Å². The van der Waals surface area contributed by atoms with Crippen LogP contribution in [-0.2, 0) is 6.42 Å². The molecule has 1 fully saturated rings. The van der Waals surface area contributed by atoms with Crippen LogP contribution in [0, 0.1) is 13.8 Å². The van der Waals surface area contributed by atoms with Gasteiger partial charge in [0.25, 0.3) is 0 Å². The van der Waals surface area contributed by atoms with Crippen molar-refractivity contribution in [1.29, 1.82) is 0 Å². The summed E-state index contributed by atoms with van der Waals surface area (Å²) in [4.78, 5) is 10.2. The molecule has 6 nitrogen and oxygen atoms in total. The standard InChI is InChI=1S/C37H37N5O/c1-27-33(26-29-12-5-3-6-13-29)37(42-36(38-27)35(28(2)39-42)31-15-7-4-8-16-31)41-22-20-40(21-23-41)24-25-43-34-19-11-17-30-14-9-10-18-32(30)34/h3-19H,20-26H2,1-2H3. The number of aryl methyl sites for hydroxylation is 2. The zero-order valence-corrected chi connectivity index (χ0v) is 24.9. The van der Waals surface area contributed by atoms with Crippen LogP contribution in [-0.4, -0.2) is 58.8 Å². The van der Waals surface area contributed by atoms with Crippen LogP contribution in [0.4, 0.5) is 5.82 Å². The van der Waals surface area contributed by atoms with Crippen LogP contribution in [0.5, 0.6) is 5.75 Å². The fourth-order valence-electron chi connectivity index (χ4n) is 6.35. The molecule has 1 aliphatic heterocycles. The molecule has 6 aromatic rings. The van der Waals surface area contributed by atoms with Crippen LogP contribution in [0.25, 0.3) is 27.5 Å². The van der Waals surface area contributed by atoms with Crippen molar-refractivity contribution >= 4 is 22.2 Å². The van der Waals surface area contributed by atoms with E-state index in [4.69, 9.17) is 14.8 Å². The number of anilines is 1. The molecule has 1 aliphatic rings. The van der Waals surface area contributed by atoms with E-state index in [2.05, 4.69) is 131 Å². The van der Waals surface area contributed by atoms with Gasteiger partial charge in [0.1, 0.15) is 18.2 Å². The normalized spacial score (nSPS) is 14.0. The van der Waals surface area contributed by atoms with Crippen LogP contribution >= 0.6 is 0 Å². The van der Waals surface area contributed by atoms with E-state index < -0.39 is 0 Å². The van der Waals surface area contributed by atoms with Crippen LogP contribution in [0.15, 0.2) is 103 Å². The molecular weight excluding hydrogens is 530 g/mol. The van der Waals surface area contributed by atoms with Gasteiger partial charge in [-0.15, -0.1) is 0 Å². The van der Waals surface area contributed by atoms with E-state index in [-0.39, 0.29) is 0 Å². The minimum Gasteiger partial charge on any atom is -0.492 e. The molecule has 4 aromatic carbocycles.